The van der Waals surface area contributed by atoms with Crippen LogP contribution in [0.5, 0.6) is 0 Å². The Morgan fingerprint density at radius 3 is 2.56 bits per heavy atom. The summed E-state index contributed by atoms with van der Waals surface area (Å²) in [7, 11) is 0. The lowest BCUT2D eigenvalue weighted by Crippen LogP contribution is -2.43. The zero-order valence-electron chi connectivity index (χ0n) is 19.2. The summed E-state index contributed by atoms with van der Waals surface area (Å²) in [4.78, 5) is 39.9. The number of carbonyl (C=O) groups is 3. The van der Waals surface area contributed by atoms with Crippen molar-refractivity contribution in [3.05, 3.63) is 82.3 Å². The molecule has 178 valence electrons. The van der Waals surface area contributed by atoms with Crippen molar-refractivity contribution in [2.24, 2.45) is 5.92 Å². The Kier molecular flexibility index (Phi) is 6.68. The van der Waals surface area contributed by atoms with Crippen molar-refractivity contribution < 1.29 is 32.7 Å². The molecule has 8 heteroatoms. The number of dihydropyridines is 1. The second kappa shape index (κ2) is 9.67. The molecule has 3 unspecified atom stereocenters. The first kappa shape index (κ1) is 23.5. The molecule has 4 rings (SSSR count). The molecule has 1 aliphatic carbocycles. The van der Waals surface area contributed by atoms with Gasteiger partial charge < -0.3 is 19.2 Å². The van der Waals surface area contributed by atoms with Crippen LogP contribution >= 0.6 is 0 Å². The van der Waals surface area contributed by atoms with Crippen molar-refractivity contribution >= 4 is 17.7 Å². The van der Waals surface area contributed by atoms with E-state index in [2.05, 4.69) is 5.32 Å². The van der Waals surface area contributed by atoms with Crippen LogP contribution in [0.15, 0.2) is 69.6 Å². The van der Waals surface area contributed by atoms with Gasteiger partial charge in [0.25, 0.3) is 0 Å². The van der Waals surface area contributed by atoms with Gasteiger partial charge in [-0.05, 0) is 57.0 Å². The van der Waals surface area contributed by atoms with E-state index in [1.165, 1.54) is 24.5 Å². The highest BCUT2D eigenvalue weighted by Crippen LogP contribution is 2.48. The number of furan rings is 1. The molecule has 7 nitrogen and oxygen atoms in total. The van der Waals surface area contributed by atoms with Crippen LogP contribution in [0.3, 0.4) is 0 Å². The molecule has 0 bridgehead atoms. The minimum atomic E-state index is -1.16. The Morgan fingerprint density at radius 2 is 1.91 bits per heavy atom. The second-order valence-corrected chi connectivity index (χ2v) is 8.18. The monoisotopic (exact) mass is 467 g/mol. The Morgan fingerprint density at radius 1 is 1.15 bits per heavy atom. The van der Waals surface area contributed by atoms with Gasteiger partial charge >= 0.3 is 11.9 Å². The maximum absolute atomic E-state index is 14.2. The van der Waals surface area contributed by atoms with E-state index in [4.69, 9.17) is 13.9 Å². The number of benzene rings is 1. The van der Waals surface area contributed by atoms with E-state index >= 15 is 0 Å². The van der Waals surface area contributed by atoms with Crippen LogP contribution in [-0.2, 0) is 23.9 Å². The Bertz CT molecular complexity index is 1180. The minimum absolute atomic E-state index is 0.109. The molecule has 0 radical (unpaired) electrons. The summed E-state index contributed by atoms with van der Waals surface area (Å²) < 4.78 is 30.3. The third-order valence-corrected chi connectivity index (χ3v) is 6.15. The predicted octanol–water partition coefficient (Wildman–Crippen LogP) is 4.13. The van der Waals surface area contributed by atoms with Crippen molar-refractivity contribution in [1.82, 2.24) is 5.32 Å². The quantitative estimate of drug-likeness (QED) is 0.504. The topological polar surface area (TPSA) is 94.8 Å². The average molecular weight is 467 g/mol. The number of halogens is 1. The van der Waals surface area contributed by atoms with Crippen molar-refractivity contribution in [3.8, 4) is 0 Å². The smallest absolute Gasteiger partial charge is 0.336 e. The van der Waals surface area contributed by atoms with Crippen LogP contribution < -0.4 is 5.32 Å². The first-order valence-electron chi connectivity index (χ1n) is 11.2. The van der Waals surface area contributed by atoms with E-state index in [0.717, 1.165) is 0 Å². The molecule has 1 aromatic heterocycles. The van der Waals surface area contributed by atoms with Gasteiger partial charge in [0, 0.05) is 28.8 Å². The van der Waals surface area contributed by atoms with Crippen LogP contribution in [0.2, 0.25) is 0 Å². The van der Waals surface area contributed by atoms with Crippen LogP contribution in [0.1, 0.15) is 50.4 Å². The fraction of sp³-hybridized carbons (Fsp3) is 0.346. The Balaban J connectivity index is 1.89. The van der Waals surface area contributed by atoms with Gasteiger partial charge in [-0.1, -0.05) is 12.1 Å². The number of carbonyl (C=O) groups excluding carboxylic acids is 3. The lowest BCUT2D eigenvalue weighted by molar-refractivity contribution is -0.152. The van der Waals surface area contributed by atoms with E-state index in [1.54, 1.807) is 39.0 Å². The van der Waals surface area contributed by atoms with Crippen molar-refractivity contribution in [3.63, 3.8) is 0 Å². The van der Waals surface area contributed by atoms with Crippen LogP contribution in [-0.4, -0.2) is 30.9 Å². The molecule has 0 saturated carbocycles. The molecule has 2 aliphatic rings. The van der Waals surface area contributed by atoms with Gasteiger partial charge in [-0.2, -0.15) is 0 Å². The number of ether oxygens (including phenoxy) is 2. The molecule has 0 fully saturated rings. The zero-order valence-corrected chi connectivity index (χ0v) is 19.2. The van der Waals surface area contributed by atoms with E-state index in [0.29, 0.717) is 22.7 Å². The van der Waals surface area contributed by atoms with Gasteiger partial charge in [0.05, 0.1) is 25.1 Å². The third kappa shape index (κ3) is 4.16. The molecule has 1 N–H and O–H groups in total. The lowest BCUT2D eigenvalue weighted by Gasteiger charge is -2.38. The summed E-state index contributed by atoms with van der Waals surface area (Å²) in [6.45, 7) is 5.31. The van der Waals surface area contributed by atoms with Crippen molar-refractivity contribution in [2.45, 2.75) is 39.0 Å². The van der Waals surface area contributed by atoms with E-state index < -0.39 is 41.3 Å². The second-order valence-electron chi connectivity index (χ2n) is 8.18. The molecule has 1 aliphatic heterocycles. The first-order valence-corrected chi connectivity index (χ1v) is 11.2. The Labute approximate surface area is 196 Å². The molecular formula is C26H26FNO6. The van der Waals surface area contributed by atoms with Crippen LogP contribution in [0, 0.1) is 11.7 Å². The van der Waals surface area contributed by atoms with Gasteiger partial charge in [0.15, 0.2) is 5.78 Å². The molecule has 0 saturated heterocycles. The summed E-state index contributed by atoms with van der Waals surface area (Å²) in [6.07, 6.45) is 1.76. The standard InChI is InChI=1S/C26H26FNO6/c1-4-32-25(30)20-14(3)28-18-13-17(19-10-7-11-34-19)22(26(31)33-5-2)24(29)23(18)21(20)15-8-6-9-16(27)12-15/h6-12,17,21-22,28H,4-5,13H2,1-3H3. The van der Waals surface area contributed by atoms with E-state index in [1.807, 2.05) is 0 Å². The molecule has 1 aromatic carbocycles. The number of esters is 2. The number of hydrogen-bond donors (Lipinski definition) is 1. The molecule has 2 heterocycles. The third-order valence-electron chi connectivity index (χ3n) is 6.15. The van der Waals surface area contributed by atoms with Gasteiger partial charge in [0.1, 0.15) is 17.5 Å². The van der Waals surface area contributed by atoms with Gasteiger partial charge in [-0.15, -0.1) is 0 Å². The number of ketones is 1. The molecule has 34 heavy (non-hydrogen) atoms. The number of allylic oxidation sites excluding steroid dienone is 3. The predicted molar refractivity (Wildman–Crippen MR) is 120 cm³/mol. The lowest BCUT2D eigenvalue weighted by atomic mass is 9.68. The van der Waals surface area contributed by atoms with Crippen LogP contribution in [0.4, 0.5) is 4.39 Å². The SMILES string of the molecule is CCOC(=O)C1=C(C)NC2=C(C(=O)C(C(=O)OCC)C(c3ccco3)C2)C1c1cccc(F)c1. The van der Waals surface area contributed by atoms with Crippen LogP contribution in [0.25, 0.3) is 0 Å². The maximum Gasteiger partial charge on any atom is 0.336 e. The fourth-order valence-electron chi connectivity index (χ4n) is 4.81. The maximum atomic E-state index is 14.2. The minimum Gasteiger partial charge on any atom is -0.469 e. The number of Topliss-reactive ketones (excluding diaryl/α,β-unsaturated/α-hetero) is 1. The van der Waals surface area contributed by atoms with Crippen molar-refractivity contribution in [1.29, 1.82) is 0 Å². The molecule has 2 aromatic rings. The fourth-order valence-corrected chi connectivity index (χ4v) is 4.81. The first-order chi connectivity index (χ1) is 16.4. The molecular weight excluding hydrogens is 441 g/mol. The number of hydrogen-bond acceptors (Lipinski definition) is 7. The summed E-state index contributed by atoms with van der Waals surface area (Å²) in [6, 6.07) is 9.17. The average Bonchev–Trinajstić information content (AvgIpc) is 3.33. The highest BCUT2D eigenvalue weighted by molar-refractivity contribution is 6.13. The van der Waals surface area contributed by atoms with Gasteiger partial charge in [-0.3, -0.25) is 9.59 Å². The van der Waals surface area contributed by atoms with E-state index in [-0.39, 0.29) is 30.8 Å². The number of nitrogens with one attached hydrogen (secondary N) is 1. The summed E-state index contributed by atoms with van der Waals surface area (Å²) in [5, 5.41) is 3.19. The highest BCUT2D eigenvalue weighted by Gasteiger charge is 2.49. The zero-order chi connectivity index (χ0) is 24.4. The van der Waals surface area contributed by atoms with E-state index in [9.17, 15) is 18.8 Å². The van der Waals surface area contributed by atoms with Gasteiger partial charge in [-0.25, -0.2) is 9.18 Å². The summed E-state index contributed by atoms with van der Waals surface area (Å²) in [5.74, 6) is -4.42. The summed E-state index contributed by atoms with van der Waals surface area (Å²) in [5.41, 5.74) is 1.93. The van der Waals surface area contributed by atoms with Gasteiger partial charge in [0.2, 0.25) is 0 Å². The van der Waals surface area contributed by atoms with Crippen molar-refractivity contribution in [2.75, 3.05) is 13.2 Å². The largest absolute Gasteiger partial charge is 0.469 e. The molecule has 3 atom stereocenters. The normalized spacial score (nSPS) is 22.2. The summed E-state index contributed by atoms with van der Waals surface area (Å²) >= 11 is 0. The Hall–Kier alpha value is -3.68. The highest BCUT2D eigenvalue weighted by atomic mass is 19.1. The molecule has 0 spiro atoms. The molecule has 0 amide bonds. The number of rotatable bonds is 6.